The van der Waals surface area contributed by atoms with Crippen molar-refractivity contribution in [2.24, 2.45) is 11.3 Å². The standard InChI is InChI=1S/C30H28N8O/c1-15-13-38(14-32-15)24-12-31-11-23-27(24)35-28(33-23)26-20-8-17(6-7-21(20)36-37-26)18-9-19-16(2)25(19)22(10-18)34-29(39)30(3,4)5/h6-14,19H,1-5H3,(H,33,35)(H,34,39)(H,36,37). The highest BCUT2D eigenvalue weighted by molar-refractivity contribution is 5.97. The second-order valence-electron chi connectivity index (χ2n) is 11.4. The van der Waals surface area contributed by atoms with Crippen molar-refractivity contribution in [2.45, 2.75) is 34.6 Å². The van der Waals surface area contributed by atoms with Gasteiger partial charge in [0.25, 0.3) is 0 Å². The summed E-state index contributed by atoms with van der Waals surface area (Å²) in [7, 11) is 0. The van der Waals surface area contributed by atoms with Crippen molar-refractivity contribution in [1.82, 2.24) is 40.0 Å². The molecule has 1 unspecified atom stereocenters. The molecule has 7 rings (SSSR count). The highest BCUT2D eigenvalue weighted by atomic mass is 16.2. The molecular formula is C30H28N8O. The summed E-state index contributed by atoms with van der Waals surface area (Å²) in [6.45, 7) is 9.86. The molecule has 9 heteroatoms. The van der Waals surface area contributed by atoms with Gasteiger partial charge >= 0.3 is 0 Å². The number of aryl methyl sites for hydroxylation is 1. The number of fused-ring (bicyclic) bond motifs is 3. The Kier molecular flexibility index (Phi) is 4.85. The van der Waals surface area contributed by atoms with E-state index < -0.39 is 5.41 Å². The normalized spacial score (nSPS) is 16.9. The van der Waals surface area contributed by atoms with Gasteiger partial charge in [0.05, 0.1) is 41.1 Å². The predicted molar refractivity (Wildman–Crippen MR) is 151 cm³/mol. The fraction of sp³-hybridized carbons (Fsp3) is 0.233. The monoisotopic (exact) mass is 516 g/mol. The Hall–Kier alpha value is -4.79. The lowest BCUT2D eigenvalue weighted by Gasteiger charge is -2.21. The quantitative estimate of drug-likeness (QED) is 0.296. The van der Waals surface area contributed by atoms with Gasteiger partial charge in [-0.1, -0.05) is 38.5 Å². The van der Waals surface area contributed by atoms with Crippen LogP contribution in [0.4, 0.5) is 0 Å². The second-order valence-corrected chi connectivity index (χ2v) is 11.4. The zero-order chi connectivity index (χ0) is 27.1. The summed E-state index contributed by atoms with van der Waals surface area (Å²) in [4.78, 5) is 29.8. The molecule has 39 heavy (non-hydrogen) atoms. The molecule has 0 saturated carbocycles. The van der Waals surface area contributed by atoms with E-state index in [0.717, 1.165) is 55.8 Å². The van der Waals surface area contributed by atoms with Crippen LogP contribution in [0, 0.1) is 18.3 Å². The predicted octanol–water partition coefficient (Wildman–Crippen LogP) is 5.38. The molecule has 0 spiro atoms. The van der Waals surface area contributed by atoms with Crippen LogP contribution in [0.15, 0.2) is 72.1 Å². The zero-order valence-corrected chi connectivity index (χ0v) is 22.4. The Morgan fingerprint density at radius 3 is 2.74 bits per heavy atom. The zero-order valence-electron chi connectivity index (χ0n) is 22.4. The van der Waals surface area contributed by atoms with Crippen molar-refractivity contribution in [3.8, 4) is 17.2 Å². The number of pyridine rings is 1. The van der Waals surface area contributed by atoms with Crippen LogP contribution in [0.3, 0.4) is 0 Å². The molecule has 4 aromatic heterocycles. The number of allylic oxidation sites excluding steroid dienone is 5. The van der Waals surface area contributed by atoms with Gasteiger partial charge in [0.1, 0.15) is 11.2 Å². The first-order valence-corrected chi connectivity index (χ1v) is 13.0. The van der Waals surface area contributed by atoms with E-state index >= 15 is 0 Å². The van der Waals surface area contributed by atoms with Crippen LogP contribution in [0.5, 0.6) is 0 Å². The minimum atomic E-state index is -0.468. The van der Waals surface area contributed by atoms with Crippen LogP contribution in [0.1, 0.15) is 39.0 Å². The van der Waals surface area contributed by atoms with Crippen LogP contribution < -0.4 is 5.32 Å². The molecule has 1 amide bonds. The molecule has 1 aromatic carbocycles. The fourth-order valence-electron chi connectivity index (χ4n) is 5.14. The van der Waals surface area contributed by atoms with Gasteiger partial charge in [0, 0.05) is 28.6 Å². The Morgan fingerprint density at radius 1 is 1.13 bits per heavy atom. The highest BCUT2D eigenvalue weighted by Gasteiger charge is 2.38. The van der Waals surface area contributed by atoms with Crippen molar-refractivity contribution >= 4 is 33.4 Å². The van der Waals surface area contributed by atoms with Crippen molar-refractivity contribution < 1.29 is 4.79 Å². The van der Waals surface area contributed by atoms with Crippen LogP contribution in [0.2, 0.25) is 0 Å². The average molecular weight is 517 g/mol. The summed E-state index contributed by atoms with van der Waals surface area (Å²) in [5.41, 5.74) is 10.1. The van der Waals surface area contributed by atoms with Crippen LogP contribution >= 0.6 is 0 Å². The summed E-state index contributed by atoms with van der Waals surface area (Å²) >= 11 is 0. The molecule has 5 aromatic rings. The molecule has 9 nitrogen and oxygen atoms in total. The molecule has 0 saturated heterocycles. The lowest BCUT2D eigenvalue weighted by atomic mass is 9.93. The van der Waals surface area contributed by atoms with Gasteiger partial charge in [0.2, 0.25) is 5.91 Å². The van der Waals surface area contributed by atoms with Crippen molar-refractivity contribution in [3.63, 3.8) is 0 Å². The molecule has 1 atom stereocenters. The molecule has 4 heterocycles. The summed E-state index contributed by atoms with van der Waals surface area (Å²) in [6, 6.07) is 6.25. The molecule has 0 radical (unpaired) electrons. The van der Waals surface area contributed by atoms with E-state index in [1.54, 1.807) is 18.7 Å². The van der Waals surface area contributed by atoms with Gasteiger partial charge < -0.3 is 14.9 Å². The van der Waals surface area contributed by atoms with Crippen LogP contribution in [-0.4, -0.2) is 40.6 Å². The number of nitrogens with zero attached hydrogens (tertiary/aromatic N) is 5. The summed E-state index contributed by atoms with van der Waals surface area (Å²) in [5, 5.41) is 11.9. The summed E-state index contributed by atoms with van der Waals surface area (Å²) in [6.07, 6.45) is 11.6. The first-order chi connectivity index (χ1) is 18.7. The van der Waals surface area contributed by atoms with E-state index in [0.29, 0.717) is 5.82 Å². The third kappa shape index (κ3) is 3.80. The minimum absolute atomic E-state index is 0.0121. The lowest BCUT2D eigenvalue weighted by Crippen LogP contribution is -2.34. The number of aromatic nitrogens is 7. The van der Waals surface area contributed by atoms with Gasteiger partial charge in [-0.2, -0.15) is 5.10 Å². The molecule has 194 valence electrons. The largest absolute Gasteiger partial charge is 0.335 e. The highest BCUT2D eigenvalue weighted by Crippen LogP contribution is 2.49. The van der Waals surface area contributed by atoms with Gasteiger partial charge in [-0.15, -0.1) is 0 Å². The number of carbonyl (C=O) groups excluding carboxylic acids is 1. The first-order valence-electron chi connectivity index (χ1n) is 13.0. The summed E-state index contributed by atoms with van der Waals surface area (Å²) in [5.74, 6) is 0.943. The molecular weight excluding hydrogens is 488 g/mol. The third-order valence-electron chi connectivity index (χ3n) is 7.47. The Labute approximate surface area is 224 Å². The van der Waals surface area contributed by atoms with Gasteiger partial charge in [-0.05, 0) is 48.8 Å². The van der Waals surface area contributed by atoms with Gasteiger partial charge in [-0.25, -0.2) is 9.97 Å². The molecule has 0 aliphatic heterocycles. The molecule has 0 fully saturated rings. The average Bonchev–Trinajstić information content (AvgIpc) is 3.32. The van der Waals surface area contributed by atoms with E-state index in [9.17, 15) is 4.79 Å². The lowest BCUT2D eigenvalue weighted by molar-refractivity contribution is -0.127. The smallest absolute Gasteiger partial charge is 0.229 e. The van der Waals surface area contributed by atoms with Gasteiger partial charge in [-0.3, -0.25) is 14.9 Å². The second kappa shape index (κ2) is 8.10. The number of aromatic amines is 2. The van der Waals surface area contributed by atoms with Crippen molar-refractivity contribution in [3.05, 3.63) is 83.4 Å². The molecule has 2 aliphatic carbocycles. The summed E-state index contributed by atoms with van der Waals surface area (Å²) < 4.78 is 1.93. The Bertz CT molecular complexity index is 1920. The maximum absolute atomic E-state index is 12.8. The number of hydrogen-bond donors (Lipinski definition) is 3. The maximum atomic E-state index is 12.8. The number of imidazole rings is 2. The van der Waals surface area contributed by atoms with Crippen molar-refractivity contribution in [2.75, 3.05) is 0 Å². The SMILES string of the molecule is CC1=C2C(NC(=O)C(C)(C)C)=CC(c3ccc4[nH]nc(-c5nc6c(-n7cnc(C)c7)cncc6[nH]5)c4c3)=CC12. The van der Waals surface area contributed by atoms with Crippen LogP contribution in [0.25, 0.3) is 44.7 Å². The number of nitrogens with one attached hydrogen (secondary N) is 3. The van der Waals surface area contributed by atoms with E-state index in [1.807, 2.05) is 44.5 Å². The number of hydrogen-bond acceptors (Lipinski definition) is 5. The third-order valence-corrected chi connectivity index (χ3v) is 7.47. The van der Waals surface area contributed by atoms with E-state index in [1.165, 1.54) is 11.1 Å². The van der Waals surface area contributed by atoms with Crippen LogP contribution in [-0.2, 0) is 4.79 Å². The van der Waals surface area contributed by atoms with Gasteiger partial charge in [0.15, 0.2) is 5.82 Å². The molecule has 3 N–H and O–H groups in total. The maximum Gasteiger partial charge on any atom is 0.229 e. The van der Waals surface area contributed by atoms with E-state index in [2.05, 4.69) is 61.7 Å². The Morgan fingerprint density at radius 2 is 1.97 bits per heavy atom. The van der Waals surface area contributed by atoms with Crippen molar-refractivity contribution in [1.29, 1.82) is 0 Å². The molecule has 0 bridgehead atoms. The Balaban J connectivity index is 1.28. The minimum Gasteiger partial charge on any atom is -0.335 e. The van der Waals surface area contributed by atoms with E-state index in [-0.39, 0.29) is 11.8 Å². The number of H-pyrrole nitrogens is 2. The number of carbonyl (C=O) groups is 1. The number of amides is 1. The topological polar surface area (TPSA) is 117 Å². The van der Waals surface area contributed by atoms with E-state index in [4.69, 9.17) is 4.98 Å². The first kappa shape index (κ1) is 23.3. The number of benzene rings is 1. The number of rotatable bonds is 4. The fourth-order valence-corrected chi connectivity index (χ4v) is 5.14. The molecule has 2 aliphatic rings.